The Kier molecular flexibility index (Phi) is 6.97. The molecule has 0 radical (unpaired) electrons. The molecule has 1 aromatic rings. The van der Waals surface area contributed by atoms with Crippen molar-refractivity contribution in [3.63, 3.8) is 0 Å². The molecule has 2 N–H and O–H groups in total. The lowest BCUT2D eigenvalue weighted by atomic mass is 9.84. The summed E-state index contributed by atoms with van der Waals surface area (Å²) in [6.07, 6.45) is 5.11. The average Bonchev–Trinajstić information content (AvgIpc) is 3.12. The maximum Gasteiger partial charge on any atom is 0.191 e. The largest absolute Gasteiger partial charge is 0.493 e. The maximum absolute atomic E-state index is 5.44. The maximum atomic E-state index is 5.44. The number of methoxy groups -OCH3 is 2. The molecule has 2 rings (SSSR count). The lowest BCUT2D eigenvalue weighted by Gasteiger charge is -2.25. The minimum Gasteiger partial charge on any atom is -0.493 e. The predicted octanol–water partition coefficient (Wildman–Crippen LogP) is 3.48. The molecule has 0 amide bonds. The Morgan fingerprint density at radius 3 is 2.44 bits per heavy atom. The lowest BCUT2D eigenvalue weighted by molar-refractivity contribution is 0.353. The zero-order valence-corrected chi connectivity index (χ0v) is 16.3. The third-order valence-corrected chi connectivity index (χ3v) is 4.84. The van der Waals surface area contributed by atoms with Gasteiger partial charge in [-0.25, -0.2) is 0 Å². The van der Waals surface area contributed by atoms with Crippen LogP contribution in [0, 0.1) is 0 Å². The molecule has 0 unspecified atom stereocenters. The second-order valence-corrected chi connectivity index (χ2v) is 7.27. The van der Waals surface area contributed by atoms with E-state index >= 15 is 0 Å². The van der Waals surface area contributed by atoms with E-state index in [1.165, 1.54) is 31.2 Å². The molecule has 0 heterocycles. The van der Waals surface area contributed by atoms with Crippen molar-refractivity contribution in [3.8, 4) is 11.5 Å². The Balaban J connectivity index is 2.11. The highest BCUT2D eigenvalue weighted by Crippen LogP contribution is 2.33. The van der Waals surface area contributed by atoms with E-state index in [1.807, 2.05) is 12.1 Å². The zero-order chi connectivity index (χ0) is 18.3. The Hall–Kier alpha value is -1.91. The van der Waals surface area contributed by atoms with Crippen LogP contribution in [0.25, 0.3) is 0 Å². The van der Waals surface area contributed by atoms with E-state index in [4.69, 9.17) is 14.5 Å². The number of ether oxygens (including phenoxy) is 2. The molecular formula is C20H33N3O2. The zero-order valence-electron chi connectivity index (χ0n) is 16.3. The second kappa shape index (κ2) is 8.97. The van der Waals surface area contributed by atoms with Crippen LogP contribution >= 0.6 is 0 Å². The lowest BCUT2D eigenvalue weighted by Crippen LogP contribution is -2.43. The SMILES string of the molecule is CCNC(=NCC(C)(C)c1ccc(OC)c(OC)c1)NC1CCCC1. The summed E-state index contributed by atoms with van der Waals surface area (Å²) < 4.78 is 10.8. The van der Waals surface area contributed by atoms with Crippen LogP contribution in [0.5, 0.6) is 11.5 Å². The number of nitrogens with zero attached hydrogens (tertiary/aromatic N) is 1. The van der Waals surface area contributed by atoms with E-state index in [2.05, 4.69) is 37.5 Å². The van der Waals surface area contributed by atoms with Crippen LogP contribution in [0.3, 0.4) is 0 Å². The summed E-state index contributed by atoms with van der Waals surface area (Å²) in [4.78, 5) is 4.85. The molecule has 0 bridgehead atoms. The van der Waals surface area contributed by atoms with E-state index in [9.17, 15) is 0 Å². The summed E-state index contributed by atoms with van der Waals surface area (Å²) in [6.45, 7) is 8.08. The van der Waals surface area contributed by atoms with Gasteiger partial charge in [-0.05, 0) is 37.5 Å². The third kappa shape index (κ3) is 5.28. The van der Waals surface area contributed by atoms with Crippen molar-refractivity contribution in [2.24, 2.45) is 4.99 Å². The molecule has 0 aromatic heterocycles. The molecule has 5 heteroatoms. The van der Waals surface area contributed by atoms with Crippen LogP contribution in [0.1, 0.15) is 52.0 Å². The first-order chi connectivity index (χ1) is 12.0. The van der Waals surface area contributed by atoms with Crippen molar-refractivity contribution in [3.05, 3.63) is 23.8 Å². The van der Waals surface area contributed by atoms with Crippen LogP contribution in [0.15, 0.2) is 23.2 Å². The molecule has 0 spiro atoms. The van der Waals surface area contributed by atoms with E-state index in [1.54, 1.807) is 14.2 Å². The first kappa shape index (κ1) is 19.4. The predicted molar refractivity (Wildman–Crippen MR) is 104 cm³/mol. The van der Waals surface area contributed by atoms with Crippen molar-refractivity contribution in [1.82, 2.24) is 10.6 Å². The Labute approximate surface area is 152 Å². The van der Waals surface area contributed by atoms with Crippen LogP contribution < -0.4 is 20.1 Å². The van der Waals surface area contributed by atoms with Crippen molar-refractivity contribution in [1.29, 1.82) is 0 Å². The van der Waals surface area contributed by atoms with Crippen molar-refractivity contribution in [2.75, 3.05) is 27.3 Å². The van der Waals surface area contributed by atoms with Crippen LogP contribution in [0.4, 0.5) is 0 Å². The monoisotopic (exact) mass is 347 g/mol. The molecule has 1 aliphatic carbocycles. The fraction of sp³-hybridized carbons (Fsp3) is 0.650. The fourth-order valence-corrected chi connectivity index (χ4v) is 3.21. The van der Waals surface area contributed by atoms with Gasteiger partial charge in [-0.3, -0.25) is 4.99 Å². The van der Waals surface area contributed by atoms with Crippen molar-refractivity contribution in [2.45, 2.75) is 57.9 Å². The number of aliphatic imine (C=N–C) groups is 1. The average molecular weight is 348 g/mol. The van der Waals surface area contributed by atoms with Crippen LogP contribution in [-0.2, 0) is 5.41 Å². The molecule has 1 saturated carbocycles. The van der Waals surface area contributed by atoms with E-state index < -0.39 is 0 Å². The molecular weight excluding hydrogens is 314 g/mol. The number of hydrogen-bond acceptors (Lipinski definition) is 3. The molecule has 1 aromatic carbocycles. The molecule has 0 aliphatic heterocycles. The molecule has 0 atom stereocenters. The minimum absolute atomic E-state index is 0.0996. The van der Waals surface area contributed by atoms with Gasteiger partial charge in [0.25, 0.3) is 0 Å². The molecule has 5 nitrogen and oxygen atoms in total. The molecule has 1 fully saturated rings. The Morgan fingerprint density at radius 2 is 1.84 bits per heavy atom. The highest BCUT2D eigenvalue weighted by Gasteiger charge is 2.23. The van der Waals surface area contributed by atoms with Crippen LogP contribution in [-0.4, -0.2) is 39.3 Å². The molecule has 140 valence electrons. The summed E-state index contributed by atoms with van der Waals surface area (Å²) in [5.74, 6) is 2.43. The summed E-state index contributed by atoms with van der Waals surface area (Å²) in [7, 11) is 3.33. The fourth-order valence-electron chi connectivity index (χ4n) is 3.21. The van der Waals surface area contributed by atoms with Gasteiger partial charge in [0.2, 0.25) is 0 Å². The number of guanidine groups is 1. The van der Waals surface area contributed by atoms with E-state index in [0.29, 0.717) is 12.6 Å². The summed E-state index contributed by atoms with van der Waals surface area (Å²) in [5, 5.41) is 6.94. The Morgan fingerprint density at radius 1 is 1.16 bits per heavy atom. The first-order valence-electron chi connectivity index (χ1n) is 9.27. The number of benzene rings is 1. The van der Waals surface area contributed by atoms with Gasteiger partial charge in [0.1, 0.15) is 0 Å². The van der Waals surface area contributed by atoms with Crippen molar-refractivity contribution < 1.29 is 9.47 Å². The quantitative estimate of drug-likeness (QED) is 0.586. The highest BCUT2D eigenvalue weighted by molar-refractivity contribution is 5.80. The van der Waals surface area contributed by atoms with Gasteiger partial charge < -0.3 is 20.1 Å². The topological polar surface area (TPSA) is 54.9 Å². The van der Waals surface area contributed by atoms with E-state index in [-0.39, 0.29) is 5.41 Å². The van der Waals surface area contributed by atoms with Gasteiger partial charge in [0.05, 0.1) is 20.8 Å². The molecule has 25 heavy (non-hydrogen) atoms. The first-order valence-corrected chi connectivity index (χ1v) is 9.27. The summed E-state index contributed by atoms with van der Waals surface area (Å²) in [5.41, 5.74) is 1.09. The van der Waals surface area contributed by atoms with Gasteiger partial charge in [-0.15, -0.1) is 0 Å². The third-order valence-electron chi connectivity index (χ3n) is 4.84. The normalized spacial score (nSPS) is 16.0. The van der Waals surface area contributed by atoms with Crippen LogP contribution in [0.2, 0.25) is 0 Å². The molecule has 0 saturated heterocycles. The molecule has 1 aliphatic rings. The number of hydrogen-bond donors (Lipinski definition) is 2. The summed E-state index contributed by atoms with van der Waals surface area (Å²) in [6, 6.07) is 6.66. The second-order valence-electron chi connectivity index (χ2n) is 7.27. The van der Waals surface area contributed by atoms with Crippen molar-refractivity contribution >= 4 is 5.96 Å². The van der Waals surface area contributed by atoms with E-state index in [0.717, 1.165) is 24.0 Å². The summed E-state index contributed by atoms with van der Waals surface area (Å²) >= 11 is 0. The van der Waals surface area contributed by atoms with Gasteiger partial charge in [0, 0.05) is 18.0 Å². The van der Waals surface area contributed by atoms with Gasteiger partial charge in [0.15, 0.2) is 17.5 Å². The van der Waals surface area contributed by atoms with Gasteiger partial charge >= 0.3 is 0 Å². The smallest absolute Gasteiger partial charge is 0.191 e. The van der Waals surface area contributed by atoms with Gasteiger partial charge in [-0.1, -0.05) is 32.8 Å². The van der Waals surface area contributed by atoms with Gasteiger partial charge in [-0.2, -0.15) is 0 Å². The Bertz CT molecular complexity index is 578. The standard InChI is InChI=1S/C20H33N3O2/c1-6-21-19(23-16-9-7-8-10-16)22-14-20(2,3)15-11-12-17(24-4)18(13-15)25-5/h11-13,16H,6-10,14H2,1-5H3,(H2,21,22,23). The number of nitrogens with one attached hydrogen (secondary N) is 2. The minimum atomic E-state index is -0.0996. The highest BCUT2D eigenvalue weighted by atomic mass is 16.5. The number of rotatable bonds is 7.